The van der Waals surface area contributed by atoms with Gasteiger partial charge in [0.2, 0.25) is 0 Å². The minimum absolute atomic E-state index is 0.220. The maximum Gasteiger partial charge on any atom is 0.311 e. The fraction of sp³-hybridized carbons (Fsp3) is 0.391. The first-order valence-corrected chi connectivity index (χ1v) is 10.1. The van der Waals surface area contributed by atoms with Crippen LogP contribution in [0.3, 0.4) is 0 Å². The molecular formula is C23H26N2O4. The zero-order valence-electron chi connectivity index (χ0n) is 16.9. The van der Waals surface area contributed by atoms with Crippen molar-refractivity contribution in [2.75, 3.05) is 20.1 Å². The molecule has 0 bridgehead atoms. The molecule has 152 valence electrons. The molecule has 0 fully saturated rings. The van der Waals surface area contributed by atoms with Crippen LogP contribution in [-0.4, -0.2) is 37.0 Å². The topological polar surface area (TPSA) is 81.9 Å². The van der Waals surface area contributed by atoms with E-state index in [1.807, 2.05) is 12.1 Å². The summed E-state index contributed by atoms with van der Waals surface area (Å²) in [5.74, 6) is -0.216. The van der Waals surface area contributed by atoms with Gasteiger partial charge >= 0.3 is 11.9 Å². The molecule has 1 aliphatic heterocycles. The van der Waals surface area contributed by atoms with Gasteiger partial charge in [0.1, 0.15) is 0 Å². The lowest BCUT2D eigenvalue weighted by Gasteiger charge is -2.40. The minimum Gasteiger partial charge on any atom is -0.423 e. The maximum absolute atomic E-state index is 12.4. The molecule has 1 atom stereocenters. The lowest BCUT2D eigenvalue weighted by atomic mass is 9.77. The Balaban J connectivity index is 1.87. The van der Waals surface area contributed by atoms with E-state index in [0.29, 0.717) is 24.8 Å². The predicted molar refractivity (Wildman–Crippen MR) is 110 cm³/mol. The van der Waals surface area contributed by atoms with Crippen LogP contribution in [0.2, 0.25) is 0 Å². The van der Waals surface area contributed by atoms with Gasteiger partial charge in [0.05, 0.1) is 0 Å². The van der Waals surface area contributed by atoms with E-state index >= 15 is 0 Å². The van der Waals surface area contributed by atoms with Crippen LogP contribution in [0.5, 0.6) is 11.5 Å². The highest BCUT2D eigenvalue weighted by Crippen LogP contribution is 2.50. The number of hydrogen-bond acceptors (Lipinski definition) is 6. The van der Waals surface area contributed by atoms with Crippen LogP contribution in [0, 0.1) is 0 Å². The number of ether oxygens (including phenoxy) is 2. The summed E-state index contributed by atoms with van der Waals surface area (Å²) in [4.78, 5) is 26.5. The van der Waals surface area contributed by atoms with Gasteiger partial charge in [-0.2, -0.15) is 0 Å². The molecule has 0 spiro atoms. The zero-order chi connectivity index (χ0) is 20.5. The number of nitrogens with zero attached hydrogens (tertiary/aromatic N) is 1. The number of esters is 2. The summed E-state index contributed by atoms with van der Waals surface area (Å²) in [6.07, 6.45) is 2.58. The highest BCUT2D eigenvalue weighted by molar-refractivity contribution is 5.87. The number of nitrogens with two attached hydrogens (primary N) is 1. The van der Waals surface area contributed by atoms with Gasteiger partial charge in [0, 0.05) is 31.5 Å². The Hall–Kier alpha value is -2.70. The average molecular weight is 394 g/mol. The van der Waals surface area contributed by atoms with Gasteiger partial charge < -0.3 is 15.2 Å². The highest BCUT2D eigenvalue weighted by atomic mass is 16.6. The normalized spacial score (nSPS) is 17.3. The molecule has 0 amide bonds. The largest absolute Gasteiger partial charge is 0.423 e. The third-order valence-electron chi connectivity index (χ3n) is 5.74. The molecule has 1 aliphatic carbocycles. The Bertz CT molecular complexity index is 970. The summed E-state index contributed by atoms with van der Waals surface area (Å²) in [6.45, 7) is 2.77. The van der Waals surface area contributed by atoms with Crippen molar-refractivity contribution >= 4 is 11.9 Å². The Morgan fingerprint density at radius 3 is 2.76 bits per heavy atom. The third kappa shape index (κ3) is 3.66. The Kier molecular flexibility index (Phi) is 5.39. The van der Waals surface area contributed by atoms with Crippen LogP contribution in [0.15, 0.2) is 30.3 Å². The van der Waals surface area contributed by atoms with Crippen molar-refractivity contribution in [3.8, 4) is 22.6 Å². The molecule has 29 heavy (non-hydrogen) atoms. The Labute approximate surface area is 170 Å². The summed E-state index contributed by atoms with van der Waals surface area (Å²) in [6, 6.07) is 10.3. The van der Waals surface area contributed by atoms with E-state index in [-0.39, 0.29) is 18.1 Å². The lowest BCUT2D eigenvalue weighted by molar-refractivity contribution is -0.136. The van der Waals surface area contributed by atoms with Crippen molar-refractivity contribution in [2.24, 2.45) is 5.73 Å². The third-order valence-corrected chi connectivity index (χ3v) is 5.74. The van der Waals surface area contributed by atoms with Crippen LogP contribution in [-0.2, 0) is 22.4 Å². The van der Waals surface area contributed by atoms with Gasteiger partial charge in [-0.3, -0.25) is 14.5 Å². The molecule has 0 saturated carbocycles. The number of carbonyl (C=O) groups excluding carboxylic acids is 2. The molecular weight excluding hydrogens is 368 g/mol. The summed E-state index contributed by atoms with van der Waals surface area (Å²) >= 11 is 0. The van der Waals surface area contributed by atoms with E-state index in [9.17, 15) is 9.59 Å². The van der Waals surface area contributed by atoms with Gasteiger partial charge in [-0.05, 0) is 61.2 Å². The molecule has 2 aromatic carbocycles. The second-order valence-corrected chi connectivity index (χ2v) is 7.72. The molecule has 1 heterocycles. The molecule has 2 N–H and O–H groups in total. The highest BCUT2D eigenvalue weighted by Gasteiger charge is 2.35. The summed E-state index contributed by atoms with van der Waals surface area (Å²) in [5.41, 5.74) is 11.1. The summed E-state index contributed by atoms with van der Waals surface area (Å²) < 4.78 is 11.2. The number of carbonyl (C=O) groups is 2. The zero-order valence-corrected chi connectivity index (χ0v) is 16.9. The molecule has 0 aromatic heterocycles. The van der Waals surface area contributed by atoms with Crippen LogP contribution in [0.1, 0.15) is 42.5 Å². The van der Waals surface area contributed by atoms with Crippen molar-refractivity contribution in [2.45, 2.75) is 38.6 Å². The molecule has 6 heteroatoms. The minimum atomic E-state index is -0.451. The van der Waals surface area contributed by atoms with E-state index in [1.165, 1.54) is 18.1 Å². The second kappa shape index (κ2) is 7.97. The van der Waals surface area contributed by atoms with E-state index in [4.69, 9.17) is 15.2 Å². The van der Waals surface area contributed by atoms with Crippen LogP contribution in [0.25, 0.3) is 11.1 Å². The summed E-state index contributed by atoms with van der Waals surface area (Å²) in [7, 11) is 2.15. The maximum atomic E-state index is 12.4. The quantitative estimate of drug-likeness (QED) is 0.620. The fourth-order valence-electron chi connectivity index (χ4n) is 4.40. The molecule has 6 nitrogen and oxygen atoms in total. The van der Waals surface area contributed by atoms with E-state index in [1.54, 1.807) is 6.07 Å². The van der Waals surface area contributed by atoms with Crippen molar-refractivity contribution in [1.29, 1.82) is 0 Å². The SMILES string of the molecule is CC(=O)Oc1ccc2c(c1OC(=O)CCCN)-c1cccc3c1C(C2)N(C)CC3. The van der Waals surface area contributed by atoms with Gasteiger partial charge in [-0.25, -0.2) is 0 Å². The monoisotopic (exact) mass is 394 g/mol. The second-order valence-electron chi connectivity index (χ2n) is 7.72. The van der Waals surface area contributed by atoms with Crippen LogP contribution >= 0.6 is 0 Å². The Morgan fingerprint density at radius 1 is 1.17 bits per heavy atom. The van der Waals surface area contributed by atoms with Gasteiger partial charge in [-0.15, -0.1) is 0 Å². The smallest absolute Gasteiger partial charge is 0.311 e. The standard InChI is InChI=1S/C23H26N2O4/c1-14(26)28-19-9-8-16-13-18-21-15(10-12-25(18)2)5-3-6-17(21)22(16)23(19)29-20(27)7-4-11-24/h3,5-6,8-9,18H,4,7,10-13,24H2,1-2H3. The van der Waals surface area contributed by atoms with Crippen molar-refractivity contribution in [3.05, 3.63) is 47.0 Å². The Morgan fingerprint density at radius 2 is 2.00 bits per heavy atom. The number of hydrogen-bond donors (Lipinski definition) is 1. The van der Waals surface area contributed by atoms with Crippen LogP contribution < -0.4 is 15.2 Å². The molecule has 0 radical (unpaired) electrons. The molecule has 2 aliphatic rings. The number of fused-ring (bicyclic) bond motifs is 2. The first-order valence-electron chi connectivity index (χ1n) is 10.1. The number of rotatable bonds is 5. The molecule has 4 rings (SSSR count). The van der Waals surface area contributed by atoms with E-state index in [0.717, 1.165) is 36.1 Å². The number of benzene rings is 2. The summed E-state index contributed by atoms with van der Waals surface area (Å²) in [5, 5.41) is 0. The van der Waals surface area contributed by atoms with Gasteiger partial charge in [0.25, 0.3) is 0 Å². The van der Waals surface area contributed by atoms with Crippen molar-refractivity contribution in [1.82, 2.24) is 4.90 Å². The fourth-order valence-corrected chi connectivity index (χ4v) is 4.40. The molecule has 0 saturated heterocycles. The van der Waals surface area contributed by atoms with Gasteiger partial charge in [-0.1, -0.05) is 24.3 Å². The van der Waals surface area contributed by atoms with Crippen molar-refractivity contribution in [3.63, 3.8) is 0 Å². The lowest BCUT2D eigenvalue weighted by Crippen LogP contribution is -2.35. The van der Waals surface area contributed by atoms with Crippen molar-refractivity contribution < 1.29 is 19.1 Å². The van der Waals surface area contributed by atoms with E-state index < -0.39 is 5.97 Å². The predicted octanol–water partition coefficient (Wildman–Crippen LogP) is 3.01. The van der Waals surface area contributed by atoms with E-state index in [2.05, 4.69) is 24.1 Å². The first-order chi connectivity index (χ1) is 14.0. The first kappa shape index (κ1) is 19.6. The van der Waals surface area contributed by atoms with Gasteiger partial charge in [0.15, 0.2) is 11.5 Å². The van der Waals surface area contributed by atoms with Crippen LogP contribution in [0.4, 0.5) is 0 Å². The number of likely N-dealkylation sites (N-methyl/N-ethyl adjacent to an activating group) is 1. The molecule has 1 unspecified atom stereocenters. The molecule has 2 aromatic rings. The average Bonchev–Trinajstić information content (AvgIpc) is 2.70.